The number of nitrogens with two attached hydrogens (primary N) is 4. The van der Waals surface area contributed by atoms with E-state index >= 15 is 0 Å². The highest BCUT2D eigenvalue weighted by atomic mass is 14.8. The van der Waals surface area contributed by atoms with Crippen molar-refractivity contribution >= 4 is 0 Å². The molecule has 8 N–H and O–H groups in total. The van der Waals surface area contributed by atoms with Crippen LogP contribution in [0.5, 0.6) is 0 Å². The molecule has 4 heteroatoms. The average molecular weight is 230 g/mol. The van der Waals surface area contributed by atoms with E-state index in [9.17, 15) is 0 Å². The minimum atomic E-state index is -0.0958. The fraction of sp³-hybridized carbons (Fsp3) is 1.00. The smallest absolute Gasteiger partial charge is 0.0520 e. The third kappa shape index (κ3) is 10.4. The molecule has 0 saturated heterocycles. The Kier molecular flexibility index (Phi) is 9.92. The summed E-state index contributed by atoms with van der Waals surface area (Å²) in [5, 5.41) is 0. The topological polar surface area (TPSA) is 104 Å². The summed E-state index contributed by atoms with van der Waals surface area (Å²) < 4.78 is 0. The Morgan fingerprint density at radius 1 is 1.06 bits per heavy atom. The first-order chi connectivity index (χ1) is 7.56. The van der Waals surface area contributed by atoms with Crippen molar-refractivity contribution < 1.29 is 0 Å². The highest BCUT2D eigenvalue weighted by Gasteiger charge is 2.14. The van der Waals surface area contributed by atoms with Crippen LogP contribution < -0.4 is 22.9 Å². The van der Waals surface area contributed by atoms with Gasteiger partial charge in [0.2, 0.25) is 0 Å². The number of unbranched alkanes of at least 4 members (excludes halogenated alkanes) is 2. The Balaban J connectivity index is 0.000000281. The molecule has 0 aromatic rings. The molecule has 0 spiro atoms. The van der Waals surface area contributed by atoms with Gasteiger partial charge < -0.3 is 22.9 Å². The van der Waals surface area contributed by atoms with Crippen molar-refractivity contribution in [3.63, 3.8) is 0 Å². The molecule has 16 heavy (non-hydrogen) atoms. The van der Waals surface area contributed by atoms with Crippen molar-refractivity contribution in [1.82, 2.24) is 0 Å². The van der Waals surface area contributed by atoms with Gasteiger partial charge in [-0.05, 0) is 25.7 Å². The van der Waals surface area contributed by atoms with Crippen LogP contribution >= 0.6 is 0 Å². The van der Waals surface area contributed by atoms with E-state index in [1.54, 1.807) is 0 Å². The van der Waals surface area contributed by atoms with Crippen LogP contribution in [0.15, 0.2) is 0 Å². The van der Waals surface area contributed by atoms with Crippen molar-refractivity contribution in [3.05, 3.63) is 0 Å². The summed E-state index contributed by atoms with van der Waals surface area (Å²) >= 11 is 0. The third-order valence-electron chi connectivity index (χ3n) is 2.90. The predicted molar refractivity (Wildman–Crippen MR) is 70.7 cm³/mol. The maximum absolute atomic E-state index is 5.65. The van der Waals surface area contributed by atoms with E-state index in [0.717, 1.165) is 12.8 Å². The molecule has 0 aliphatic heterocycles. The van der Waals surface area contributed by atoms with Crippen LogP contribution in [0.2, 0.25) is 0 Å². The molecule has 0 aromatic carbocycles. The molecule has 2 unspecified atom stereocenters. The Bertz CT molecular complexity index is 142. The van der Waals surface area contributed by atoms with Crippen molar-refractivity contribution in [2.75, 3.05) is 0 Å². The largest absolute Gasteiger partial charge is 0.328 e. The van der Waals surface area contributed by atoms with Gasteiger partial charge in [-0.15, -0.1) is 0 Å². The first-order valence-corrected chi connectivity index (χ1v) is 6.58. The zero-order chi connectivity index (χ0) is 12.4. The summed E-state index contributed by atoms with van der Waals surface area (Å²) in [6.45, 7) is 2.17. The van der Waals surface area contributed by atoms with Gasteiger partial charge in [0.15, 0.2) is 0 Å². The molecular weight excluding hydrogens is 200 g/mol. The molecule has 1 rings (SSSR count). The lowest BCUT2D eigenvalue weighted by molar-refractivity contribution is 0.392. The van der Waals surface area contributed by atoms with Gasteiger partial charge in [-0.3, -0.25) is 0 Å². The first-order valence-electron chi connectivity index (χ1n) is 6.58. The van der Waals surface area contributed by atoms with Crippen LogP contribution in [0.25, 0.3) is 0 Å². The lowest BCUT2D eigenvalue weighted by Crippen LogP contribution is -2.35. The third-order valence-corrected chi connectivity index (χ3v) is 2.90. The maximum Gasteiger partial charge on any atom is 0.0520 e. The average Bonchev–Trinajstić information content (AvgIpc) is 2.18. The molecule has 1 aliphatic rings. The zero-order valence-electron chi connectivity index (χ0n) is 10.7. The van der Waals surface area contributed by atoms with Gasteiger partial charge in [0.1, 0.15) is 0 Å². The minimum absolute atomic E-state index is 0.0958. The first kappa shape index (κ1) is 15.8. The van der Waals surface area contributed by atoms with E-state index in [1.807, 2.05) is 0 Å². The molecule has 0 bridgehead atoms. The summed E-state index contributed by atoms with van der Waals surface area (Å²) in [7, 11) is 0. The molecular formula is C12H30N4. The molecule has 1 aliphatic carbocycles. The molecule has 0 aromatic heterocycles. The minimum Gasteiger partial charge on any atom is -0.328 e. The van der Waals surface area contributed by atoms with Gasteiger partial charge >= 0.3 is 0 Å². The summed E-state index contributed by atoms with van der Waals surface area (Å²) in [6, 6.07) is 0.775. The summed E-state index contributed by atoms with van der Waals surface area (Å²) in [5.74, 6) is 0. The molecule has 0 heterocycles. The summed E-state index contributed by atoms with van der Waals surface area (Å²) in [6.07, 6.45) is 9.14. The lowest BCUT2D eigenvalue weighted by Gasteiger charge is -2.22. The van der Waals surface area contributed by atoms with Gasteiger partial charge in [0, 0.05) is 12.1 Å². The second-order valence-corrected chi connectivity index (χ2v) is 4.85. The molecule has 1 saturated carbocycles. The highest BCUT2D eigenvalue weighted by molar-refractivity contribution is 4.76. The van der Waals surface area contributed by atoms with E-state index in [2.05, 4.69) is 6.92 Å². The van der Waals surface area contributed by atoms with Crippen LogP contribution in [-0.2, 0) is 0 Å². The Morgan fingerprint density at radius 3 is 1.94 bits per heavy atom. The van der Waals surface area contributed by atoms with E-state index in [1.165, 1.54) is 38.5 Å². The van der Waals surface area contributed by atoms with Crippen molar-refractivity contribution in [2.45, 2.75) is 76.5 Å². The number of hydrogen-bond donors (Lipinski definition) is 4. The predicted octanol–water partition coefficient (Wildman–Crippen LogP) is 1.03. The number of hydrogen-bond acceptors (Lipinski definition) is 4. The van der Waals surface area contributed by atoms with Gasteiger partial charge in [-0.1, -0.05) is 32.6 Å². The van der Waals surface area contributed by atoms with Crippen LogP contribution in [0.3, 0.4) is 0 Å². The van der Waals surface area contributed by atoms with E-state index in [0.29, 0.717) is 12.1 Å². The normalized spacial score (nSPS) is 25.1. The maximum atomic E-state index is 5.65. The standard InChI is InChI=1S/C6H14N2.C6H16N2/c7-5-2-1-3-6(8)4-5;1-2-3-4-5-6(7)8/h5-6H,1-4,7-8H2;6H,2-5,7-8H2,1H3. The molecule has 4 nitrogen and oxygen atoms in total. The van der Waals surface area contributed by atoms with Gasteiger partial charge in [0.25, 0.3) is 0 Å². The molecule has 2 atom stereocenters. The van der Waals surface area contributed by atoms with E-state index < -0.39 is 0 Å². The summed E-state index contributed by atoms with van der Waals surface area (Å²) in [4.78, 5) is 0. The van der Waals surface area contributed by atoms with Crippen LogP contribution in [0, 0.1) is 0 Å². The Morgan fingerprint density at radius 2 is 1.62 bits per heavy atom. The summed E-state index contributed by atoms with van der Waals surface area (Å²) in [5.41, 5.74) is 21.9. The van der Waals surface area contributed by atoms with Gasteiger partial charge in [-0.2, -0.15) is 0 Å². The van der Waals surface area contributed by atoms with Crippen molar-refractivity contribution in [2.24, 2.45) is 22.9 Å². The van der Waals surface area contributed by atoms with Crippen molar-refractivity contribution in [3.8, 4) is 0 Å². The quantitative estimate of drug-likeness (QED) is 0.427. The van der Waals surface area contributed by atoms with E-state index in [-0.39, 0.29) is 6.17 Å². The molecule has 0 radical (unpaired) electrons. The SMILES string of the molecule is CCCCCC(N)N.NC1CCCC(N)C1. The second-order valence-electron chi connectivity index (χ2n) is 4.85. The Hall–Kier alpha value is -0.160. The molecule has 0 amide bonds. The van der Waals surface area contributed by atoms with Crippen LogP contribution in [-0.4, -0.2) is 18.2 Å². The lowest BCUT2D eigenvalue weighted by atomic mass is 9.92. The van der Waals surface area contributed by atoms with Gasteiger partial charge in [0.05, 0.1) is 6.17 Å². The molecule has 1 fully saturated rings. The van der Waals surface area contributed by atoms with E-state index in [4.69, 9.17) is 22.9 Å². The van der Waals surface area contributed by atoms with Crippen LogP contribution in [0.4, 0.5) is 0 Å². The highest BCUT2D eigenvalue weighted by Crippen LogP contribution is 2.14. The monoisotopic (exact) mass is 230 g/mol. The zero-order valence-corrected chi connectivity index (χ0v) is 10.7. The number of rotatable bonds is 4. The fourth-order valence-corrected chi connectivity index (χ4v) is 1.90. The van der Waals surface area contributed by atoms with Crippen molar-refractivity contribution in [1.29, 1.82) is 0 Å². The van der Waals surface area contributed by atoms with Crippen LogP contribution in [0.1, 0.15) is 58.3 Å². The second kappa shape index (κ2) is 10.0. The fourth-order valence-electron chi connectivity index (χ4n) is 1.90. The Labute approximate surface area is 100 Å². The molecule has 98 valence electrons. The van der Waals surface area contributed by atoms with Gasteiger partial charge in [-0.25, -0.2) is 0 Å².